The lowest BCUT2D eigenvalue weighted by Gasteiger charge is -2.04. The molecule has 0 bridgehead atoms. The molecule has 0 spiro atoms. The van der Waals surface area contributed by atoms with Crippen LogP contribution in [-0.2, 0) is 9.59 Å². The Kier molecular flexibility index (Phi) is 5.68. The largest absolute Gasteiger partial charge is 0.322 e. The summed E-state index contributed by atoms with van der Waals surface area (Å²) < 4.78 is 0. The number of allylic oxidation sites excluding steroid dienone is 1. The molecular formula is C13H16N2O2. The van der Waals surface area contributed by atoms with Crippen molar-refractivity contribution in [1.82, 2.24) is 10.6 Å². The van der Waals surface area contributed by atoms with E-state index in [4.69, 9.17) is 0 Å². The second-order valence-electron chi connectivity index (χ2n) is 3.46. The van der Waals surface area contributed by atoms with Crippen molar-refractivity contribution >= 4 is 18.3 Å². The number of hydrogen-bond acceptors (Lipinski definition) is 3. The lowest BCUT2D eigenvalue weighted by atomic mass is 10.2. The van der Waals surface area contributed by atoms with Crippen LogP contribution < -0.4 is 10.6 Å². The van der Waals surface area contributed by atoms with Crippen LogP contribution in [-0.4, -0.2) is 25.3 Å². The minimum atomic E-state index is -0.221. The standard InChI is InChI=1S/C13H16N2O2/c1-2-14-9-13(17)15-12(10-16)8-11-6-4-3-5-7-11/h3-8,10,14H,2,9H2,1H3,(H,15,17). The van der Waals surface area contributed by atoms with Gasteiger partial charge in [0.25, 0.3) is 0 Å². The first-order chi connectivity index (χ1) is 8.26. The summed E-state index contributed by atoms with van der Waals surface area (Å²) in [6.07, 6.45) is 2.27. The molecule has 0 saturated heterocycles. The Balaban J connectivity index is 2.63. The van der Waals surface area contributed by atoms with Crippen molar-refractivity contribution in [2.45, 2.75) is 6.92 Å². The van der Waals surface area contributed by atoms with Crippen LogP contribution in [0.25, 0.3) is 6.08 Å². The van der Waals surface area contributed by atoms with E-state index in [2.05, 4.69) is 10.6 Å². The summed E-state index contributed by atoms with van der Waals surface area (Å²) >= 11 is 0. The molecule has 1 rings (SSSR count). The molecule has 4 nitrogen and oxygen atoms in total. The molecular weight excluding hydrogens is 216 g/mol. The molecule has 0 aliphatic heterocycles. The van der Waals surface area contributed by atoms with E-state index in [0.29, 0.717) is 12.8 Å². The van der Waals surface area contributed by atoms with Crippen molar-refractivity contribution < 1.29 is 9.59 Å². The Morgan fingerprint density at radius 1 is 1.29 bits per heavy atom. The first kappa shape index (κ1) is 13.1. The van der Waals surface area contributed by atoms with E-state index in [0.717, 1.165) is 5.56 Å². The summed E-state index contributed by atoms with van der Waals surface area (Å²) in [7, 11) is 0. The lowest BCUT2D eigenvalue weighted by molar-refractivity contribution is -0.120. The molecule has 90 valence electrons. The van der Waals surface area contributed by atoms with Gasteiger partial charge in [-0.15, -0.1) is 0 Å². The molecule has 0 heterocycles. The van der Waals surface area contributed by atoms with Crippen LogP contribution in [0.3, 0.4) is 0 Å². The fourth-order valence-electron chi connectivity index (χ4n) is 1.27. The van der Waals surface area contributed by atoms with E-state index >= 15 is 0 Å². The maximum atomic E-state index is 11.4. The van der Waals surface area contributed by atoms with Gasteiger partial charge in [0.1, 0.15) is 0 Å². The first-order valence-corrected chi connectivity index (χ1v) is 5.48. The summed E-state index contributed by atoms with van der Waals surface area (Å²) in [5.41, 5.74) is 1.14. The maximum absolute atomic E-state index is 11.4. The molecule has 17 heavy (non-hydrogen) atoms. The Hall–Kier alpha value is -1.94. The predicted octanol–water partition coefficient (Wildman–Crippen LogP) is 0.952. The summed E-state index contributed by atoms with van der Waals surface area (Å²) in [6, 6.07) is 9.35. The van der Waals surface area contributed by atoms with Gasteiger partial charge in [0.05, 0.1) is 12.2 Å². The van der Waals surface area contributed by atoms with Crippen LogP contribution in [0.15, 0.2) is 36.0 Å². The normalized spacial score (nSPS) is 11.0. The molecule has 1 amide bonds. The Morgan fingerprint density at radius 2 is 2.00 bits per heavy atom. The topological polar surface area (TPSA) is 58.2 Å². The third kappa shape index (κ3) is 5.08. The van der Waals surface area contributed by atoms with E-state index in [-0.39, 0.29) is 18.1 Å². The third-order valence-corrected chi connectivity index (χ3v) is 2.07. The van der Waals surface area contributed by atoms with Crippen molar-refractivity contribution in [2.24, 2.45) is 0 Å². The van der Waals surface area contributed by atoms with Crippen LogP contribution in [0.4, 0.5) is 0 Å². The van der Waals surface area contributed by atoms with Gasteiger partial charge in [-0.2, -0.15) is 0 Å². The summed E-state index contributed by atoms with van der Waals surface area (Å²) in [6.45, 7) is 2.83. The second kappa shape index (κ2) is 7.35. The molecule has 2 N–H and O–H groups in total. The number of amides is 1. The molecule has 0 radical (unpaired) electrons. The molecule has 0 unspecified atom stereocenters. The molecule has 1 aromatic rings. The average Bonchev–Trinajstić information content (AvgIpc) is 2.36. The highest BCUT2D eigenvalue weighted by Crippen LogP contribution is 2.03. The zero-order chi connectivity index (χ0) is 12.5. The number of likely N-dealkylation sites (N-methyl/N-ethyl adjacent to an activating group) is 1. The Labute approximate surface area is 101 Å². The van der Waals surface area contributed by atoms with Crippen molar-refractivity contribution in [3.8, 4) is 0 Å². The maximum Gasteiger partial charge on any atom is 0.238 e. The van der Waals surface area contributed by atoms with E-state index in [1.165, 1.54) is 0 Å². The van der Waals surface area contributed by atoms with Gasteiger partial charge in [-0.1, -0.05) is 37.3 Å². The first-order valence-electron chi connectivity index (χ1n) is 5.48. The van der Waals surface area contributed by atoms with E-state index < -0.39 is 0 Å². The highest BCUT2D eigenvalue weighted by atomic mass is 16.2. The average molecular weight is 232 g/mol. The van der Waals surface area contributed by atoms with Crippen LogP contribution in [0.2, 0.25) is 0 Å². The highest BCUT2D eigenvalue weighted by molar-refractivity contribution is 5.90. The number of carbonyl (C=O) groups excluding carboxylic acids is 2. The van der Waals surface area contributed by atoms with E-state index in [9.17, 15) is 9.59 Å². The van der Waals surface area contributed by atoms with Crippen molar-refractivity contribution in [3.63, 3.8) is 0 Å². The molecule has 0 saturated carbocycles. The van der Waals surface area contributed by atoms with Gasteiger partial charge >= 0.3 is 0 Å². The van der Waals surface area contributed by atoms with Gasteiger partial charge < -0.3 is 10.6 Å². The zero-order valence-electron chi connectivity index (χ0n) is 9.77. The van der Waals surface area contributed by atoms with Crippen LogP contribution in [0.5, 0.6) is 0 Å². The van der Waals surface area contributed by atoms with E-state index in [1.807, 2.05) is 37.3 Å². The lowest BCUT2D eigenvalue weighted by Crippen LogP contribution is -2.33. The smallest absolute Gasteiger partial charge is 0.238 e. The molecule has 0 aromatic heterocycles. The fraction of sp³-hybridized carbons (Fsp3) is 0.231. The minimum absolute atomic E-state index is 0.205. The molecule has 0 aliphatic carbocycles. The predicted molar refractivity (Wildman–Crippen MR) is 67.2 cm³/mol. The van der Waals surface area contributed by atoms with Gasteiger partial charge in [0, 0.05) is 0 Å². The fourth-order valence-corrected chi connectivity index (χ4v) is 1.27. The van der Waals surface area contributed by atoms with Crippen LogP contribution in [0, 0.1) is 0 Å². The van der Waals surface area contributed by atoms with Crippen LogP contribution in [0.1, 0.15) is 12.5 Å². The number of benzene rings is 1. The number of rotatable bonds is 6. The molecule has 0 atom stereocenters. The Bertz CT molecular complexity index is 399. The SMILES string of the molecule is CCNCC(=O)NC(C=O)=Cc1ccccc1. The number of aldehydes is 1. The summed E-state index contributed by atoms with van der Waals surface area (Å²) in [4.78, 5) is 22.2. The Morgan fingerprint density at radius 3 is 2.59 bits per heavy atom. The van der Waals surface area contributed by atoms with E-state index in [1.54, 1.807) is 6.08 Å². The van der Waals surface area contributed by atoms with Crippen molar-refractivity contribution in [1.29, 1.82) is 0 Å². The van der Waals surface area contributed by atoms with Gasteiger partial charge in [0.15, 0.2) is 6.29 Å². The van der Waals surface area contributed by atoms with Gasteiger partial charge in [-0.3, -0.25) is 9.59 Å². The van der Waals surface area contributed by atoms with Crippen LogP contribution >= 0.6 is 0 Å². The second-order valence-corrected chi connectivity index (χ2v) is 3.46. The van der Waals surface area contributed by atoms with Crippen molar-refractivity contribution in [2.75, 3.05) is 13.1 Å². The number of carbonyl (C=O) groups is 2. The molecule has 0 aliphatic rings. The monoisotopic (exact) mass is 232 g/mol. The number of hydrogen-bond donors (Lipinski definition) is 2. The molecule has 1 aromatic carbocycles. The highest BCUT2D eigenvalue weighted by Gasteiger charge is 2.02. The third-order valence-electron chi connectivity index (χ3n) is 2.07. The van der Waals surface area contributed by atoms with Gasteiger partial charge in [-0.05, 0) is 18.2 Å². The molecule has 0 fully saturated rings. The quantitative estimate of drug-likeness (QED) is 0.567. The summed E-state index contributed by atoms with van der Waals surface area (Å²) in [5, 5.41) is 5.43. The summed E-state index contributed by atoms with van der Waals surface area (Å²) in [5.74, 6) is -0.221. The minimum Gasteiger partial charge on any atom is -0.322 e. The zero-order valence-corrected chi connectivity index (χ0v) is 9.77. The number of nitrogens with one attached hydrogen (secondary N) is 2. The van der Waals surface area contributed by atoms with Gasteiger partial charge in [-0.25, -0.2) is 0 Å². The van der Waals surface area contributed by atoms with Crippen molar-refractivity contribution in [3.05, 3.63) is 41.6 Å². The molecule has 4 heteroatoms. The van der Waals surface area contributed by atoms with Gasteiger partial charge in [0.2, 0.25) is 5.91 Å².